The Morgan fingerprint density at radius 1 is 0.323 bits per heavy atom. The summed E-state index contributed by atoms with van der Waals surface area (Å²) in [6.45, 7) is 0. The summed E-state index contributed by atoms with van der Waals surface area (Å²) < 4.78 is 4.75. The van der Waals surface area contributed by atoms with Gasteiger partial charge in [0.15, 0.2) is 17.5 Å². The Balaban J connectivity index is 1.07. The second-order valence-electron chi connectivity index (χ2n) is 15.9. The molecule has 0 spiro atoms. The number of hydrogen-bond donors (Lipinski definition) is 0. The van der Waals surface area contributed by atoms with Crippen LogP contribution in [0.5, 0.6) is 0 Å². The molecule has 0 N–H and O–H groups in total. The van der Waals surface area contributed by atoms with Crippen LogP contribution in [0.4, 0.5) is 0 Å². The Kier molecular flexibility index (Phi) is 7.50. The highest BCUT2D eigenvalue weighted by molar-refractivity contribution is 6.25. The third kappa shape index (κ3) is 5.23. The van der Waals surface area contributed by atoms with E-state index in [9.17, 15) is 0 Å². The number of aromatic nitrogens is 6. The van der Waals surface area contributed by atoms with Gasteiger partial charge in [0, 0.05) is 49.8 Å². The lowest BCUT2D eigenvalue weighted by Gasteiger charge is -2.15. The maximum absolute atomic E-state index is 5.23. The van der Waals surface area contributed by atoms with Crippen molar-refractivity contribution < 1.29 is 0 Å². The standard InChI is InChI=1S/C56H34N6/c1-2-16-37(17-3-1)54-58-55(39-28-27-35-14-4-5-18-38(35)32-39)60-56(59-54)44-23-12-22-42-41(44)21-13-25-48(42)61-47-24-9-8-20-43(47)45-33-46-51(34-50(45)61)62(52-26-10-11-31-57-52)49-30-29-36-15-6-7-19-40(36)53(46)49/h1-34H. The lowest BCUT2D eigenvalue weighted by Crippen LogP contribution is -2.01. The smallest absolute Gasteiger partial charge is 0.164 e. The molecule has 0 saturated heterocycles. The van der Waals surface area contributed by atoms with Crippen LogP contribution in [0.3, 0.4) is 0 Å². The Morgan fingerprint density at radius 2 is 1.00 bits per heavy atom. The lowest BCUT2D eigenvalue weighted by molar-refractivity contribution is 1.08. The summed E-state index contributed by atoms with van der Waals surface area (Å²) in [6, 6.07) is 70.8. The van der Waals surface area contributed by atoms with Gasteiger partial charge in [0.25, 0.3) is 0 Å². The Labute approximate surface area is 355 Å². The van der Waals surface area contributed by atoms with E-state index in [0.717, 1.165) is 66.4 Å². The maximum Gasteiger partial charge on any atom is 0.164 e. The van der Waals surface area contributed by atoms with E-state index >= 15 is 0 Å². The number of nitrogens with zero attached hydrogens (tertiary/aromatic N) is 6. The van der Waals surface area contributed by atoms with Gasteiger partial charge >= 0.3 is 0 Å². The zero-order chi connectivity index (χ0) is 40.7. The normalized spacial score (nSPS) is 11.9. The summed E-state index contributed by atoms with van der Waals surface area (Å²) >= 11 is 0. The van der Waals surface area contributed by atoms with E-state index in [1.54, 1.807) is 0 Å². The summed E-state index contributed by atoms with van der Waals surface area (Å²) in [6.07, 6.45) is 1.87. The molecule has 6 nitrogen and oxygen atoms in total. The molecule has 0 amide bonds. The average molecular weight is 791 g/mol. The van der Waals surface area contributed by atoms with Crippen LogP contribution in [0, 0.1) is 0 Å². The first-order chi connectivity index (χ1) is 30.7. The van der Waals surface area contributed by atoms with Crippen LogP contribution in [-0.2, 0) is 0 Å². The minimum absolute atomic E-state index is 0.626. The van der Waals surface area contributed by atoms with Crippen LogP contribution in [-0.4, -0.2) is 29.1 Å². The SMILES string of the molecule is c1ccc(-c2nc(-c3ccc4ccccc4c3)nc(-c3cccc4c(-n5c6ccccc6c6cc7c8c9ccccc9ccc8n(-c8ccccn8)c7cc65)cccc34)n2)cc1. The predicted molar refractivity (Wildman–Crippen MR) is 255 cm³/mol. The minimum atomic E-state index is 0.626. The lowest BCUT2D eigenvalue weighted by atomic mass is 10.0. The van der Waals surface area contributed by atoms with Gasteiger partial charge in [-0.05, 0) is 75.5 Å². The molecule has 0 radical (unpaired) electrons. The quantitative estimate of drug-likeness (QED) is 0.174. The second-order valence-corrected chi connectivity index (χ2v) is 15.9. The third-order valence-corrected chi connectivity index (χ3v) is 12.4. The van der Waals surface area contributed by atoms with Crippen molar-refractivity contribution in [3.05, 3.63) is 206 Å². The molecule has 0 aliphatic carbocycles. The van der Waals surface area contributed by atoms with Gasteiger partial charge in [-0.2, -0.15) is 0 Å². The van der Waals surface area contributed by atoms with Crippen molar-refractivity contribution in [1.82, 2.24) is 29.1 Å². The zero-order valence-corrected chi connectivity index (χ0v) is 33.3. The van der Waals surface area contributed by atoms with Crippen molar-refractivity contribution in [3.8, 4) is 45.7 Å². The third-order valence-electron chi connectivity index (χ3n) is 12.4. The Hall–Kier alpha value is -8.48. The van der Waals surface area contributed by atoms with Crippen molar-refractivity contribution in [3.63, 3.8) is 0 Å². The predicted octanol–water partition coefficient (Wildman–Crippen LogP) is 13.9. The van der Waals surface area contributed by atoms with Crippen LogP contribution in [0.25, 0.3) is 122 Å². The van der Waals surface area contributed by atoms with Crippen LogP contribution >= 0.6 is 0 Å². The summed E-state index contributed by atoms with van der Waals surface area (Å²) in [5.41, 5.74) is 8.38. The average Bonchev–Trinajstić information content (AvgIpc) is 3.85. The molecule has 288 valence electrons. The molecule has 4 heterocycles. The summed E-state index contributed by atoms with van der Waals surface area (Å²) in [7, 11) is 0. The fourth-order valence-electron chi connectivity index (χ4n) is 9.59. The van der Waals surface area contributed by atoms with Gasteiger partial charge in [0.05, 0.1) is 27.8 Å². The van der Waals surface area contributed by atoms with Gasteiger partial charge in [0.2, 0.25) is 0 Å². The number of fused-ring (bicyclic) bond motifs is 10. The molecule has 0 aliphatic heterocycles. The molecule has 9 aromatic carbocycles. The van der Waals surface area contributed by atoms with E-state index < -0.39 is 0 Å². The first-order valence-electron chi connectivity index (χ1n) is 20.9. The highest BCUT2D eigenvalue weighted by Gasteiger charge is 2.22. The molecule has 0 unspecified atom stereocenters. The van der Waals surface area contributed by atoms with Crippen LogP contribution in [0.15, 0.2) is 206 Å². The first-order valence-corrected chi connectivity index (χ1v) is 20.9. The van der Waals surface area contributed by atoms with Crippen LogP contribution in [0.2, 0.25) is 0 Å². The summed E-state index contributed by atoms with van der Waals surface area (Å²) in [5, 5.41) is 11.7. The highest BCUT2D eigenvalue weighted by atomic mass is 15.1. The summed E-state index contributed by atoms with van der Waals surface area (Å²) in [4.78, 5) is 20.4. The molecule has 0 fully saturated rings. The van der Waals surface area contributed by atoms with E-state index in [0.29, 0.717) is 17.5 Å². The van der Waals surface area contributed by atoms with Crippen molar-refractivity contribution in [2.75, 3.05) is 0 Å². The summed E-state index contributed by atoms with van der Waals surface area (Å²) in [5.74, 6) is 2.78. The molecule has 0 bridgehead atoms. The van der Waals surface area contributed by atoms with Crippen molar-refractivity contribution >= 4 is 75.9 Å². The van der Waals surface area contributed by atoms with Crippen LogP contribution in [0.1, 0.15) is 0 Å². The molecule has 62 heavy (non-hydrogen) atoms. The molecule has 6 heteroatoms. The van der Waals surface area contributed by atoms with Crippen LogP contribution < -0.4 is 0 Å². The number of para-hydroxylation sites is 1. The van der Waals surface area contributed by atoms with Crippen molar-refractivity contribution in [2.24, 2.45) is 0 Å². The molecule has 13 aromatic rings. The van der Waals surface area contributed by atoms with E-state index in [-0.39, 0.29) is 0 Å². The van der Waals surface area contributed by atoms with Gasteiger partial charge < -0.3 is 4.57 Å². The van der Waals surface area contributed by atoms with Crippen molar-refractivity contribution in [2.45, 2.75) is 0 Å². The molecule has 0 saturated carbocycles. The fraction of sp³-hybridized carbons (Fsp3) is 0. The Bertz CT molecular complexity index is 3920. The van der Waals surface area contributed by atoms with E-state index in [2.05, 4.69) is 185 Å². The maximum atomic E-state index is 5.23. The molecule has 0 atom stereocenters. The number of pyridine rings is 1. The largest absolute Gasteiger partial charge is 0.309 e. The van der Waals surface area contributed by atoms with Gasteiger partial charge in [-0.3, -0.25) is 4.57 Å². The minimum Gasteiger partial charge on any atom is -0.309 e. The Morgan fingerprint density at radius 3 is 1.87 bits per heavy atom. The van der Waals surface area contributed by atoms with Crippen molar-refractivity contribution in [1.29, 1.82) is 0 Å². The first kappa shape index (κ1) is 34.4. The highest BCUT2D eigenvalue weighted by Crippen LogP contribution is 2.43. The van der Waals surface area contributed by atoms with E-state index in [1.165, 1.54) is 37.7 Å². The zero-order valence-electron chi connectivity index (χ0n) is 33.3. The number of rotatable bonds is 5. The monoisotopic (exact) mass is 790 g/mol. The van der Waals surface area contributed by atoms with Gasteiger partial charge in [0.1, 0.15) is 5.82 Å². The molecular formula is C56H34N6. The molecule has 4 aromatic heterocycles. The van der Waals surface area contributed by atoms with Gasteiger partial charge in [-0.25, -0.2) is 19.9 Å². The van der Waals surface area contributed by atoms with Gasteiger partial charge in [-0.15, -0.1) is 0 Å². The fourth-order valence-corrected chi connectivity index (χ4v) is 9.59. The van der Waals surface area contributed by atoms with E-state index in [4.69, 9.17) is 19.9 Å². The number of benzene rings is 9. The topological polar surface area (TPSA) is 61.4 Å². The number of hydrogen-bond acceptors (Lipinski definition) is 4. The molecule has 13 rings (SSSR count). The molecule has 0 aliphatic rings. The second kappa shape index (κ2) is 13.5. The molecular weight excluding hydrogens is 757 g/mol. The van der Waals surface area contributed by atoms with Gasteiger partial charge in [-0.1, -0.05) is 152 Å². The van der Waals surface area contributed by atoms with E-state index in [1.807, 2.05) is 30.5 Å².